The number of nitrogen functional groups attached to an aromatic ring is 1. The largest absolute Gasteiger partial charge is 0.389 e. The second-order valence-corrected chi connectivity index (χ2v) is 4.86. The molecule has 1 aromatic heterocycles. The van der Waals surface area contributed by atoms with E-state index in [9.17, 15) is 8.78 Å². The Morgan fingerprint density at radius 1 is 1.31 bits per heavy atom. The van der Waals surface area contributed by atoms with E-state index in [1.807, 2.05) is 0 Å². The van der Waals surface area contributed by atoms with Crippen molar-refractivity contribution < 1.29 is 8.78 Å². The molecule has 0 aliphatic rings. The molecule has 0 aliphatic heterocycles. The summed E-state index contributed by atoms with van der Waals surface area (Å²) in [7, 11) is 0. The molecule has 3 nitrogen and oxygen atoms in total. The highest BCUT2D eigenvalue weighted by atomic mass is 79.9. The number of nitrogens with two attached hydrogens (primary N) is 1. The quantitative estimate of drug-likeness (QED) is 0.835. The third-order valence-electron chi connectivity index (χ3n) is 1.78. The summed E-state index contributed by atoms with van der Waals surface area (Å²) in [5.74, 6) is -1.34. The standard InChI is InChI=1S/C9H6BrF2N3S/c10-4-1-7(6(12)2-5(4)11)15-9-14-3-8(13)16-9/h1-3H,13H2,(H,14,15). The molecular formula is C9H6BrF2N3S. The van der Waals surface area contributed by atoms with E-state index in [0.29, 0.717) is 10.1 Å². The average Bonchev–Trinajstić information content (AvgIpc) is 2.60. The van der Waals surface area contributed by atoms with Gasteiger partial charge < -0.3 is 11.1 Å². The Morgan fingerprint density at radius 2 is 2.06 bits per heavy atom. The Balaban J connectivity index is 2.31. The molecule has 1 aromatic carbocycles. The van der Waals surface area contributed by atoms with Crippen molar-refractivity contribution in [3.05, 3.63) is 34.4 Å². The second kappa shape index (κ2) is 4.34. The SMILES string of the molecule is Nc1cnc(Nc2cc(Br)c(F)cc2F)s1. The summed E-state index contributed by atoms with van der Waals surface area (Å²) in [5, 5.41) is 3.69. The Morgan fingerprint density at radius 3 is 2.69 bits per heavy atom. The van der Waals surface area contributed by atoms with Crippen molar-refractivity contribution in [2.24, 2.45) is 0 Å². The molecule has 0 atom stereocenters. The van der Waals surface area contributed by atoms with E-state index in [0.717, 1.165) is 6.07 Å². The Kier molecular flexibility index (Phi) is 3.06. The molecule has 16 heavy (non-hydrogen) atoms. The van der Waals surface area contributed by atoms with E-state index < -0.39 is 11.6 Å². The van der Waals surface area contributed by atoms with Crippen molar-refractivity contribution in [2.45, 2.75) is 0 Å². The van der Waals surface area contributed by atoms with Crippen molar-refractivity contribution >= 4 is 43.1 Å². The lowest BCUT2D eigenvalue weighted by Gasteiger charge is -2.05. The lowest BCUT2D eigenvalue weighted by molar-refractivity contribution is 0.581. The van der Waals surface area contributed by atoms with E-state index in [-0.39, 0.29) is 10.2 Å². The maximum absolute atomic E-state index is 13.3. The first kappa shape index (κ1) is 11.3. The highest BCUT2D eigenvalue weighted by Gasteiger charge is 2.09. The molecule has 0 saturated carbocycles. The van der Waals surface area contributed by atoms with Crippen LogP contribution in [0.2, 0.25) is 0 Å². The molecule has 84 valence electrons. The van der Waals surface area contributed by atoms with Crippen LogP contribution in [0, 0.1) is 11.6 Å². The van der Waals surface area contributed by atoms with Gasteiger partial charge in [0.2, 0.25) is 0 Å². The van der Waals surface area contributed by atoms with Gasteiger partial charge in [-0.2, -0.15) is 0 Å². The Labute approximate surface area is 102 Å². The van der Waals surface area contributed by atoms with Crippen molar-refractivity contribution in [3.63, 3.8) is 0 Å². The number of nitrogens with zero attached hydrogens (tertiary/aromatic N) is 1. The maximum Gasteiger partial charge on any atom is 0.189 e. The number of benzene rings is 1. The van der Waals surface area contributed by atoms with Gasteiger partial charge in [-0.05, 0) is 22.0 Å². The molecule has 0 fully saturated rings. The molecular weight excluding hydrogens is 300 g/mol. The van der Waals surface area contributed by atoms with E-state index in [2.05, 4.69) is 26.2 Å². The second-order valence-electron chi connectivity index (χ2n) is 2.94. The molecule has 0 amide bonds. The normalized spacial score (nSPS) is 10.4. The molecule has 7 heteroatoms. The predicted molar refractivity (Wildman–Crippen MR) is 63.9 cm³/mol. The smallest absolute Gasteiger partial charge is 0.189 e. The van der Waals surface area contributed by atoms with E-state index in [4.69, 9.17) is 5.73 Å². The van der Waals surface area contributed by atoms with Gasteiger partial charge in [-0.3, -0.25) is 0 Å². The zero-order chi connectivity index (χ0) is 11.7. The summed E-state index contributed by atoms with van der Waals surface area (Å²) < 4.78 is 26.5. The van der Waals surface area contributed by atoms with Crippen LogP contribution in [-0.2, 0) is 0 Å². The monoisotopic (exact) mass is 305 g/mol. The minimum Gasteiger partial charge on any atom is -0.389 e. The fraction of sp³-hybridized carbons (Fsp3) is 0. The van der Waals surface area contributed by atoms with Crippen molar-refractivity contribution in [2.75, 3.05) is 11.1 Å². The summed E-state index contributed by atoms with van der Waals surface area (Å²) in [6.07, 6.45) is 1.46. The molecule has 2 rings (SSSR count). The molecule has 0 aliphatic carbocycles. The highest BCUT2D eigenvalue weighted by molar-refractivity contribution is 9.10. The van der Waals surface area contributed by atoms with Gasteiger partial charge >= 0.3 is 0 Å². The van der Waals surface area contributed by atoms with Crippen LogP contribution in [0.4, 0.5) is 24.6 Å². The van der Waals surface area contributed by atoms with Gasteiger partial charge in [-0.15, -0.1) is 0 Å². The van der Waals surface area contributed by atoms with Crippen molar-refractivity contribution in [1.82, 2.24) is 4.98 Å². The number of rotatable bonds is 2. The van der Waals surface area contributed by atoms with E-state index in [1.165, 1.54) is 23.6 Å². The summed E-state index contributed by atoms with van der Waals surface area (Å²) >= 11 is 4.16. The Bertz CT molecular complexity index is 529. The average molecular weight is 306 g/mol. The topological polar surface area (TPSA) is 50.9 Å². The van der Waals surface area contributed by atoms with Crippen LogP contribution in [0.3, 0.4) is 0 Å². The predicted octanol–water partition coefficient (Wildman–Crippen LogP) is 3.51. The van der Waals surface area contributed by atoms with Crippen LogP contribution in [-0.4, -0.2) is 4.98 Å². The van der Waals surface area contributed by atoms with Gasteiger partial charge in [0.05, 0.1) is 16.4 Å². The fourth-order valence-corrected chi connectivity index (χ4v) is 2.02. The number of thiazole rings is 1. The summed E-state index contributed by atoms with van der Waals surface area (Å²) in [4.78, 5) is 3.91. The van der Waals surface area contributed by atoms with Crippen LogP contribution < -0.4 is 11.1 Å². The van der Waals surface area contributed by atoms with Crippen LogP contribution in [0.1, 0.15) is 0 Å². The number of hydrogen-bond donors (Lipinski definition) is 2. The fourth-order valence-electron chi connectivity index (χ4n) is 1.08. The first-order chi connectivity index (χ1) is 7.56. The summed E-state index contributed by atoms with van der Waals surface area (Å²) in [6.45, 7) is 0. The first-order valence-electron chi connectivity index (χ1n) is 4.19. The maximum atomic E-state index is 13.3. The van der Waals surface area contributed by atoms with Crippen molar-refractivity contribution in [3.8, 4) is 0 Å². The van der Waals surface area contributed by atoms with Crippen molar-refractivity contribution in [1.29, 1.82) is 0 Å². The van der Waals surface area contributed by atoms with Gasteiger partial charge in [-0.25, -0.2) is 13.8 Å². The number of halogens is 3. The third-order valence-corrected chi connectivity index (χ3v) is 3.12. The molecule has 0 bridgehead atoms. The van der Waals surface area contributed by atoms with E-state index in [1.54, 1.807) is 0 Å². The zero-order valence-corrected chi connectivity index (χ0v) is 10.2. The number of aromatic nitrogens is 1. The third kappa shape index (κ3) is 2.30. The molecule has 0 unspecified atom stereocenters. The van der Waals surface area contributed by atoms with Gasteiger partial charge in [0.25, 0.3) is 0 Å². The Hall–Kier alpha value is -1.21. The highest BCUT2D eigenvalue weighted by Crippen LogP contribution is 2.28. The minimum absolute atomic E-state index is 0.141. The lowest BCUT2D eigenvalue weighted by Crippen LogP contribution is -1.94. The molecule has 2 aromatic rings. The first-order valence-corrected chi connectivity index (χ1v) is 5.80. The van der Waals surface area contributed by atoms with Crippen LogP contribution >= 0.6 is 27.3 Å². The van der Waals surface area contributed by atoms with Gasteiger partial charge in [0.15, 0.2) is 5.13 Å². The summed E-state index contributed by atoms with van der Waals surface area (Å²) in [5.41, 5.74) is 5.62. The van der Waals surface area contributed by atoms with Crippen LogP contribution in [0.15, 0.2) is 22.8 Å². The number of anilines is 3. The van der Waals surface area contributed by atoms with Gasteiger partial charge in [0, 0.05) is 6.07 Å². The molecule has 3 N–H and O–H groups in total. The lowest BCUT2D eigenvalue weighted by atomic mass is 10.3. The van der Waals surface area contributed by atoms with Gasteiger partial charge in [0.1, 0.15) is 16.6 Å². The van der Waals surface area contributed by atoms with Crippen LogP contribution in [0.5, 0.6) is 0 Å². The van der Waals surface area contributed by atoms with Gasteiger partial charge in [-0.1, -0.05) is 11.3 Å². The molecule has 0 saturated heterocycles. The summed E-state index contributed by atoms with van der Waals surface area (Å²) in [6, 6.07) is 2.10. The minimum atomic E-state index is -0.686. The number of nitrogens with one attached hydrogen (secondary N) is 1. The van der Waals surface area contributed by atoms with E-state index >= 15 is 0 Å². The number of hydrogen-bond acceptors (Lipinski definition) is 4. The zero-order valence-electron chi connectivity index (χ0n) is 7.80. The van der Waals surface area contributed by atoms with Crippen LogP contribution in [0.25, 0.3) is 0 Å². The molecule has 0 spiro atoms. The molecule has 0 radical (unpaired) electrons. The molecule has 1 heterocycles.